The van der Waals surface area contributed by atoms with Gasteiger partial charge < -0.3 is 19.7 Å². The minimum atomic E-state index is -1.72. The highest BCUT2D eigenvalue weighted by atomic mass is 19.1. The van der Waals surface area contributed by atoms with Gasteiger partial charge in [-0.05, 0) is 13.0 Å². The van der Waals surface area contributed by atoms with Crippen LogP contribution in [-0.4, -0.2) is 29.8 Å². The minimum absolute atomic E-state index is 0.00688. The second-order valence-corrected chi connectivity index (χ2v) is 5.19. The van der Waals surface area contributed by atoms with Crippen LogP contribution in [0.2, 0.25) is 0 Å². The van der Waals surface area contributed by atoms with Crippen molar-refractivity contribution in [1.82, 2.24) is 10.5 Å². The SMILES string of the molecule is COCc1cc(C(=O)NCC(C)(O)c2ccc(F)cc2F)no1. The summed E-state index contributed by atoms with van der Waals surface area (Å²) in [6, 6.07) is 4.22. The monoisotopic (exact) mass is 326 g/mol. The molecular weight excluding hydrogens is 310 g/mol. The number of nitrogens with zero attached hydrogens (tertiary/aromatic N) is 1. The van der Waals surface area contributed by atoms with E-state index >= 15 is 0 Å². The van der Waals surface area contributed by atoms with Crippen LogP contribution in [0.4, 0.5) is 8.78 Å². The van der Waals surface area contributed by atoms with E-state index in [2.05, 4.69) is 10.5 Å². The van der Waals surface area contributed by atoms with Crippen LogP contribution in [0.5, 0.6) is 0 Å². The smallest absolute Gasteiger partial charge is 0.273 e. The molecule has 0 spiro atoms. The number of hydrogen-bond donors (Lipinski definition) is 2. The van der Waals surface area contributed by atoms with Crippen molar-refractivity contribution in [2.45, 2.75) is 19.1 Å². The van der Waals surface area contributed by atoms with E-state index in [-0.39, 0.29) is 24.4 Å². The summed E-state index contributed by atoms with van der Waals surface area (Å²) in [5.74, 6) is -1.87. The number of carbonyl (C=O) groups is 1. The summed E-state index contributed by atoms with van der Waals surface area (Å²) >= 11 is 0. The van der Waals surface area contributed by atoms with Gasteiger partial charge in [-0.3, -0.25) is 4.79 Å². The fraction of sp³-hybridized carbons (Fsp3) is 0.333. The van der Waals surface area contributed by atoms with Crippen LogP contribution in [0.3, 0.4) is 0 Å². The van der Waals surface area contributed by atoms with E-state index in [1.165, 1.54) is 20.1 Å². The number of rotatable bonds is 6. The summed E-state index contributed by atoms with van der Waals surface area (Å²) in [5, 5.41) is 16.3. The van der Waals surface area contributed by atoms with Crippen molar-refractivity contribution in [3.05, 3.63) is 52.9 Å². The van der Waals surface area contributed by atoms with Crippen molar-refractivity contribution in [3.8, 4) is 0 Å². The molecule has 0 saturated carbocycles. The number of ether oxygens (including phenoxy) is 1. The molecule has 1 heterocycles. The largest absolute Gasteiger partial charge is 0.383 e. The molecule has 0 aliphatic rings. The lowest BCUT2D eigenvalue weighted by molar-refractivity contribution is 0.0492. The Morgan fingerprint density at radius 1 is 1.43 bits per heavy atom. The molecular formula is C15H16F2N2O4. The third-order valence-corrected chi connectivity index (χ3v) is 3.18. The van der Waals surface area contributed by atoms with Gasteiger partial charge in [0.1, 0.15) is 23.8 Å². The Kier molecular flexibility index (Phi) is 5.07. The van der Waals surface area contributed by atoms with E-state index < -0.39 is 23.1 Å². The van der Waals surface area contributed by atoms with Crippen LogP contribution >= 0.6 is 0 Å². The van der Waals surface area contributed by atoms with Crippen LogP contribution in [0, 0.1) is 11.6 Å². The molecule has 2 rings (SSSR count). The van der Waals surface area contributed by atoms with E-state index in [1.54, 1.807) is 0 Å². The van der Waals surface area contributed by atoms with Gasteiger partial charge in [-0.15, -0.1) is 0 Å². The average Bonchev–Trinajstić information content (AvgIpc) is 2.93. The van der Waals surface area contributed by atoms with Crippen molar-refractivity contribution in [2.24, 2.45) is 0 Å². The van der Waals surface area contributed by atoms with Gasteiger partial charge in [0.05, 0.1) is 6.54 Å². The molecule has 1 amide bonds. The number of aliphatic hydroxyl groups is 1. The lowest BCUT2D eigenvalue weighted by atomic mass is 9.95. The standard InChI is InChI=1S/C15H16F2N2O4/c1-15(21,11-4-3-9(16)5-12(11)17)8-18-14(20)13-6-10(7-22-2)23-19-13/h3-6,21H,7-8H2,1-2H3,(H,18,20). The van der Waals surface area contributed by atoms with Gasteiger partial charge in [-0.25, -0.2) is 8.78 Å². The first kappa shape index (κ1) is 17.0. The molecule has 0 aliphatic carbocycles. The zero-order chi connectivity index (χ0) is 17.0. The first-order valence-electron chi connectivity index (χ1n) is 6.74. The minimum Gasteiger partial charge on any atom is -0.383 e. The highest BCUT2D eigenvalue weighted by Gasteiger charge is 2.28. The van der Waals surface area contributed by atoms with Gasteiger partial charge in [0.15, 0.2) is 11.5 Å². The Morgan fingerprint density at radius 3 is 2.83 bits per heavy atom. The second kappa shape index (κ2) is 6.84. The third-order valence-electron chi connectivity index (χ3n) is 3.18. The highest BCUT2D eigenvalue weighted by molar-refractivity contribution is 5.92. The van der Waals surface area contributed by atoms with Crippen LogP contribution in [0.1, 0.15) is 28.7 Å². The maximum absolute atomic E-state index is 13.7. The number of hydrogen-bond acceptors (Lipinski definition) is 5. The predicted molar refractivity (Wildman–Crippen MR) is 75.5 cm³/mol. The normalized spacial score (nSPS) is 13.6. The average molecular weight is 326 g/mol. The molecule has 124 valence electrons. The molecule has 2 aromatic rings. The zero-order valence-electron chi connectivity index (χ0n) is 12.6. The van der Waals surface area contributed by atoms with E-state index in [0.717, 1.165) is 12.1 Å². The van der Waals surface area contributed by atoms with Crippen LogP contribution < -0.4 is 5.32 Å². The molecule has 0 aliphatic heterocycles. The fourth-order valence-electron chi connectivity index (χ4n) is 1.99. The lowest BCUT2D eigenvalue weighted by Crippen LogP contribution is -2.39. The first-order chi connectivity index (χ1) is 10.8. The summed E-state index contributed by atoms with van der Waals surface area (Å²) < 4.78 is 36.4. The van der Waals surface area contributed by atoms with E-state index in [9.17, 15) is 18.7 Å². The summed E-state index contributed by atoms with van der Waals surface area (Å²) in [5.41, 5.74) is -1.83. The van der Waals surface area contributed by atoms with Gasteiger partial charge in [-0.2, -0.15) is 0 Å². The van der Waals surface area contributed by atoms with Crippen molar-refractivity contribution >= 4 is 5.91 Å². The Morgan fingerprint density at radius 2 is 2.17 bits per heavy atom. The predicted octanol–water partition coefficient (Wildman–Crippen LogP) is 1.74. The molecule has 6 nitrogen and oxygen atoms in total. The molecule has 0 fully saturated rings. The summed E-state index contributed by atoms with van der Waals surface area (Å²) in [4.78, 5) is 11.9. The quantitative estimate of drug-likeness (QED) is 0.844. The number of carbonyl (C=O) groups excluding carboxylic acids is 1. The third kappa shape index (κ3) is 4.11. The molecule has 1 atom stereocenters. The number of halogens is 2. The Bertz CT molecular complexity index is 701. The number of amides is 1. The number of aromatic nitrogens is 1. The molecule has 1 unspecified atom stereocenters. The van der Waals surface area contributed by atoms with Gasteiger partial charge in [0, 0.05) is 24.8 Å². The summed E-state index contributed by atoms with van der Waals surface area (Å²) in [6.45, 7) is 1.18. The zero-order valence-corrected chi connectivity index (χ0v) is 12.6. The van der Waals surface area contributed by atoms with Crippen LogP contribution in [0.15, 0.2) is 28.8 Å². The van der Waals surface area contributed by atoms with E-state index in [0.29, 0.717) is 11.8 Å². The molecule has 1 aromatic heterocycles. The van der Waals surface area contributed by atoms with Crippen molar-refractivity contribution in [3.63, 3.8) is 0 Å². The molecule has 0 radical (unpaired) electrons. The van der Waals surface area contributed by atoms with Gasteiger partial charge in [0.25, 0.3) is 5.91 Å². The van der Waals surface area contributed by atoms with Crippen LogP contribution in [0.25, 0.3) is 0 Å². The Balaban J connectivity index is 2.04. The topological polar surface area (TPSA) is 84.6 Å². The van der Waals surface area contributed by atoms with Crippen molar-refractivity contribution in [2.75, 3.05) is 13.7 Å². The maximum Gasteiger partial charge on any atom is 0.273 e. The van der Waals surface area contributed by atoms with E-state index in [4.69, 9.17) is 9.26 Å². The Labute approximate surface area is 131 Å². The highest BCUT2D eigenvalue weighted by Crippen LogP contribution is 2.23. The van der Waals surface area contributed by atoms with Crippen molar-refractivity contribution in [1.29, 1.82) is 0 Å². The number of methoxy groups -OCH3 is 1. The lowest BCUT2D eigenvalue weighted by Gasteiger charge is -2.24. The number of benzene rings is 1. The maximum atomic E-state index is 13.7. The molecule has 0 saturated heterocycles. The van der Waals surface area contributed by atoms with E-state index in [1.807, 2.05) is 0 Å². The second-order valence-electron chi connectivity index (χ2n) is 5.19. The first-order valence-corrected chi connectivity index (χ1v) is 6.74. The Hall–Kier alpha value is -2.32. The summed E-state index contributed by atoms with van der Waals surface area (Å²) in [6.07, 6.45) is 0. The molecule has 8 heteroatoms. The molecule has 1 aromatic carbocycles. The molecule has 0 bridgehead atoms. The van der Waals surface area contributed by atoms with Crippen LogP contribution in [-0.2, 0) is 16.9 Å². The summed E-state index contributed by atoms with van der Waals surface area (Å²) in [7, 11) is 1.47. The van der Waals surface area contributed by atoms with Gasteiger partial charge in [0.2, 0.25) is 0 Å². The fourth-order valence-corrected chi connectivity index (χ4v) is 1.99. The van der Waals surface area contributed by atoms with Crippen molar-refractivity contribution < 1.29 is 27.9 Å². The van der Waals surface area contributed by atoms with Gasteiger partial charge in [-0.1, -0.05) is 11.2 Å². The molecule has 2 N–H and O–H groups in total. The number of nitrogens with one attached hydrogen (secondary N) is 1. The molecule has 23 heavy (non-hydrogen) atoms. The van der Waals surface area contributed by atoms with Gasteiger partial charge >= 0.3 is 0 Å².